The summed E-state index contributed by atoms with van der Waals surface area (Å²) in [6.07, 6.45) is 1.91. The molecule has 2 N–H and O–H groups in total. The number of rotatable bonds is 6. The molecule has 1 aliphatic rings. The van der Waals surface area contributed by atoms with Gasteiger partial charge in [0, 0.05) is 31.3 Å². The van der Waals surface area contributed by atoms with Crippen LogP contribution < -0.4 is 10.6 Å². The molecular weight excluding hydrogens is 326 g/mol. The standard InChI is InChI=1S/C21H25N3O2/c1-16(17-7-3-2-4-8-17)24-21(11-13-25-14-12-21)15-22-20-23-18-9-5-6-10-19(18)26-20/h2-10,16,24H,11-15H2,1H3,(H,22,23)/t16-/m0/s1. The van der Waals surface area contributed by atoms with Gasteiger partial charge in [0.2, 0.25) is 0 Å². The summed E-state index contributed by atoms with van der Waals surface area (Å²) in [6, 6.07) is 19.2. The number of nitrogens with one attached hydrogen (secondary N) is 2. The van der Waals surface area contributed by atoms with Crippen LogP contribution in [0.25, 0.3) is 11.1 Å². The van der Waals surface area contributed by atoms with Gasteiger partial charge in [0.15, 0.2) is 5.58 Å². The van der Waals surface area contributed by atoms with Crippen LogP contribution >= 0.6 is 0 Å². The Kier molecular flexibility index (Phi) is 4.91. The summed E-state index contributed by atoms with van der Waals surface area (Å²) in [5, 5.41) is 7.25. The highest BCUT2D eigenvalue weighted by molar-refractivity contribution is 5.74. The Morgan fingerprint density at radius 1 is 1.04 bits per heavy atom. The van der Waals surface area contributed by atoms with E-state index < -0.39 is 0 Å². The SMILES string of the molecule is C[C@H](NC1(CNc2nc3ccccc3o2)CCOCC1)c1ccccc1. The van der Waals surface area contributed by atoms with Gasteiger partial charge in [-0.1, -0.05) is 42.5 Å². The first-order chi connectivity index (χ1) is 12.7. The lowest BCUT2D eigenvalue weighted by molar-refractivity contribution is 0.0387. The Bertz CT molecular complexity index is 808. The molecule has 1 aliphatic heterocycles. The van der Waals surface area contributed by atoms with E-state index in [1.165, 1.54) is 5.56 Å². The smallest absolute Gasteiger partial charge is 0.295 e. The molecule has 2 aromatic carbocycles. The third kappa shape index (κ3) is 3.74. The first kappa shape index (κ1) is 17.1. The maximum atomic E-state index is 5.81. The van der Waals surface area contributed by atoms with Crippen molar-refractivity contribution in [3.8, 4) is 0 Å². The predicted molar refractivity (Wildman–Crippen MR) is 103 cm³/mol. The van der Waals surface area contributed by atoms with Gasteiger partial charge in [-0.2, -0.15) is 4.98 Å². The zero-order chi connectivity index (χ0) is 17.8. The van der Waals surface area contributed by atoms with Gasteiger partial charge in [-0.3, -0.25) is 0 Å². The van der Waals surface area contributed by atoms with Crippen LogP contribution in [0.2, 0.25) is 0 Å². The molecule has 0 amide bonds. The maximum absolute atomic E-state index is 5.81. The first-order valence-corrected chi connectivity index (χ1v) is 9.24. The summed E-state index contributed by atoms with van der Waals surface area (Å²) in [5.41, 5.74) is 2.93. The topological polar surface area (TPSA) is 59.3 Å². The van der Waals surface area contributed by atoms with Crippen molar-refractivity contribution in [1.29, 1.82) is 0 Å². The molecule has 5 nitrogen and oxygen atoms in total. The Labute approximate surface area is 153 Å². The highest BCUT2D eigenvalue weighted by atomic mass is 16.5. The molecule has 0 spiro atoms. The largest absolute Gasteiger partial charge is 0.424 e. The van der Waals surface area contributed by atoms with Gasteiger partial charge in [0.1, 0.15) is 5.52 Å². The molecule has 2 heterocycles. The number of ether oxygens (including phenoxy) is 1. The van der Waals surface area contributed by atoms with Crippen molar-refractivity contribution in [1.82, 2.24) is 10.3 Å². The minimum atomic E-state index is -0.0475. The second-order valence-electron chi connectivity index (χ2n) is 7.01. The molecule has 0 saturated carbocycles. The van der Waals surface area contributed by atoms with Gasteiger partial charge in [-0.05, 0) is 37.5 Å². The third-order valence-corrected chi connectivity index (χ3v) is 5.14. The van der Waals surface area contributed by atoms with Gasteiger partial charge in [-0.15, -0.1) is 0 Å². The number of hydrogen-bond donors (Lipinski definition) is 2. The molecule has 1 fully saturated rings. The summed E-state index contributed by atoms with van der Waals surface area (Å²) >= 11 is 0. The molecule has 0 unspecified atom stereocenters. The number of hydrogen-bond acceptors (Lipinski definition) is 5. The third-order valence-electron chi connectivity index (χ3n) is 5.14. The quantitative estimate of drug-likeness (QED) is 0.699. The molecule has 0 radical (unpaired) electrons. The zero-order valence-electron chi connectivity index (χ0n) is 15.1. The van der Waals surface area contributed by atoms with E-state index in [2.05, 4.69) is 52.9 Å². The van der Waals surface area contributed by atoms with Crippen LogP contribution in [0.3, 0.4) is 0 Å². The molecule has 5 heteroatoms. The lowest BCUT2D eigenvalue weighted by Crippen LogP contribution is -2.54. The van der Waals surface area contributed by atoms with Crippen LogP contribution in [0.15, 0.2) is 59.0 Å². The number of benzene rings is 2. The highest BCUT2D eigenvalue weighted by Gasteiger charge is 2.34. The molecule has 4 rings (SSSR count). The lowest BCUT2D eigenvalue weighted by Gasteiger charge is -2.40. The second kappa shape index (κ2) is 7.48. The van der Waals surface area contributed by atoms with Gasteiger partial charge in [-0.25, -0.2) is 0 Å². The predicted octanol–water partition coefficient (Wildman–Crippen LogP) is 4.14. The number of aromatic nitrogens is 1. The van der Waals surface area contributed by atoms with Crippen molar-refractivity contribution < 1.29 is 9.15 Å². The van der Waals surface area contributed by atoms with Crippen molar-refractivity contribution >= 4 is 17.1 Å². The Balaban J connectivity index is 1.48. The fourth-order valence-corrected chi connectivity index (χ4v) is 3.61. The molecule has 1 aromatic heterocycles. The van der Waals surface area contributed by atoms with Gasteiger partial charge < -0.3 is 19.8 Å². The fraction of sp³-hybridized carbons (Fsp3) is 0.381. The van der Waals surface area contributed by atoms with Gasteiger partial charge in [0.05, 0.1) is 0 Å². The molecule has 0 bridgehead atoms. The number of oxazole rings is 1. The number of anilines is 1. The average molecular weight is 351 g/mol. The first-order valence-electron chi connectivity index (χ1n) is 9.24. The van der Waals surface area contributed by atoms with Crippen LogP contribution in [0.5, 0.6) is 0 Å². The molecular formula is C21H25N3O2. The summed E-state index contributed by atoms with van der Waals surface area (Å²) in [4.78, 5) is 4.53. The van der Waals surface area contributed by atoms with Crippen LogP contribution in [-0.4, -0.2) is 30.3 Å². The molecule has 136 valence electrons. The van der Waals surface area contributed by atoms with Gasteiger partial charge in [0.25, 0.3) is 6.01 Å². The van der Waals surface area contributed by atoms with Crippen molar-refractivity contribution in [2.24, 2.45) is 0 Å². The normalized spacial score (nSPS) is 17.9. The summed E-state index contributed by atoms with van der Waals surface area (Å²) in [6.45, 7) is 4.50. The minimum absolute atomic E-state index is 0.0475. The molecule has 1 saturated heterocycles. The Morgan fingerprint density at radius 2 is 1.77 bits per heavy atom. The van der Waals surface area contributed by atoms with Crippen molar-refractivity contribution in [2.75, 3.05) is 25.1 Å². The van der Waals surface area contributed by atoms with Crippen molar-refractivity contribution in [3.05, 3.63) is 60.2 Å². The van der Waals surface area contributed by atoms with E-state index >= 15 is 0 Å². The van der Waals surface area contributed by atoms with Crippen LogP contribution in [-0.2, 0) is 4.74 Å². The van der Waals surface area contributed by atoms with E-state index in [4.69, 9.17) is 9.15 Å². The molecule has 1 atom stereocenters. The second-order valence-corrected chi connectivity index (χ2v) is 7.01. The molecule has 0 aliphatic carbocycles. The number of fused-ring (bicyclic) bond motifs is 1. The van der Waals surface area contributed by atoms with E-state index in [0.29, 0.717) is 6.01 Å². The highest BCUT2D eigenvalue weighted by Crippen LogP contribution is 2.27. The number of nitrogens with zero attached hydrogens (tertiary/aromatic N) is 1. The summed E-state index contributed by atoms with van der Waals surface area (Å²) < 4.78 is 11.4. The monoisotopic (exact) mass is 351 g/mol. The lowest BCUT2D eigenvalue weighted by atomic mass is 9.88. The zero-order valence-corrected chi connectivity index (χ0v) is 15.1. The van der Waals surface area contributed by atoms with Crippen LogP contribution in [0.4, 0.5) is 6.01 Å². The summed E-state index contributed by atoms with van der Waals surface area (Å²) in [7, 11) is 0. The van der Waals surface area contributed by atoms with Gasteiger partial charge >= 0.3 is 0 Å². The minimum Gasteiger partial charge on any atom is -0.424 e. The van der Waals surface area contributed by atoms with E-state index in [1.54, 1.807) is 0 Å². The van der Waals surface area contributed by atoms with E-state index in [9.17, 15) is 0 Å². The van der Waals surface area contributed by atoms with E-state index in [-0.39, 0.29) is 11.6 Å². The Hall–Kier alpha value is -2.37. The van der Waals surface area contributed by atoms with Crippen molar-refractivity contribution in [3.63, 3.8) is 0 Å². The van der Waals surface area contributed by atoms with E-state index in [0.717, 1.165) is 43.7 Å². The Morgan fingerprint density at radius 3 is 2.54 bits per heavy atom. The van der Waals surface area contributed by atoms with E-state index in [1.807, 2.05) is 24.3 Å². The molecule has 26 heavy (non-hydrogen) atoms. The molecule has 3 aromatic rings. The van der Waals surface area contributed by atoms with Crippen LogP contribution in [0.1, 0.15) is 31.4 Å². The van der Waals surface area contributed by atoms with Crippen LogP contribution in [0, 0.1) is 0 Å². The van der Waals surface area contributed by atoms with Crippen molar-refractivity contribution in [2.45, 2.75) is 31.3 Å². The fourth-order valence-electron chi connectivity index (χ4n) is 3.61. The average Bonchev–Trinajstić information content (AvgIpc) is 3.11. The number of para-hydroxylation sites is 2. The maximum Gasteiger partial charge on any atom is 0.295 e. The summed E-state index contributed by atoms with van der Waals surface area (Å²) in [5.74, 6) is 0.